The number of hydrogen-bond acceptors (Lipinski definition) is 2. The Balaban J connectivity index is 1.69. The Morgan fingerprint density at radius 3 is 2.75 bits per heavy atom. The summed E-state index contributed by atoms with van der Waals surface area (Å²) in [6.45, 7) is 2.20. The standard InChI is InChI=1S/C20H26Cl2O2/c1-2-20-10-9-12-11-5-8-17(23)18(22)14(11)4-3-13(12)15(20)6-7-16(21)19(20)24/h7,11-13,15,19,24H,2-6,8-10H2,1H3/t11-,12-,13-,15+,19+,20?/m1/s1. The fourth-order valence-electron chi connectivity index (χ4n) is 6.48. The highest BCUT2D eigenvalue weighted by atomic mass is 35.5. The number of fused-ring (bicyclic) bond motifs is 5. The lowest BCUT2D eigenvalue weighted by Gasteiger charge is -2.58. The zero-order chi connectivity index (χ0) is 17.1. The molecule has 1 unspecified atom stereocenters. The Hall–Kier alpha value is -0.310. The van der Waals surface area contributed by atoms with E-state index in [4.69, 9.17) is 23.2 Å². The highest BCUT2D eigenvalue weighted by Gasteiger charge is 2.56. The van der Waals surface area contributed by atoms with E-state index in [1.165, 1.54) is 5.57 Å². The second-order valence-corrected chi connectivity index (χ2v) is 9.05. The van der Waals surface area contributed by atoms with Crippen molar-refractivity contribution in [3.05, 3.63) is 21.7 Å². The number of carbonyl (C=O) groups excluding carboxylic acids is 1. The fraction of sp³-hybridized carbons (Fsp3) is 0.750. The molecule has 4 aliphatic carbocycles. The Morgan fingerprint density at radius 1 is 1.21 bits per heavy atom. The molecule has 0 bridgehead atoms. The summed E-state index contributed by atoms with van der Waals surface area (Å²) in [6, 6.07) is 0. The Bertz CT molecular complexity index is 623. The molecule has 0 aromatic carbocycles. The predicted octanol–water partition coefficient (Wildman–Crippen LogP) is 5.18. The molecule has 4 rings (SSSR count). The molecule has 0 amide bonds. The van der Waals surface area contributed by atoms with Crippen molar-refractivity contribution < 1.29 is 9.90 Å². The van der Waals surface area contributed by atoms with E-state index in [2.05, 4.69) is 13.0 Å². The van der Waals surface area contributed by atoms with Crippen LogP contribution in [0.1, 0.15) is 58.3 Å². The van der Waals surface area contributed by atoms with E-state index in [-0.39, 0.29) is 11.2 Å². The quantitative estimate of drug-likeness (QED) is 0.692. The molecular weight excluding hydrogens is 343 g/mol. The molecular formula is C20H26Cl2O2. The topological polar surface area (TPSA) is 37.3 Å². The number of ketones is 1. The van der Waals surface area contributed by atoms with Crippen molar-refractivity contribution in [1.29, 1.82) is 0 Å². The molecule has 2 nitrogen and oxygen atoms in total. The third-order valence-electron chi connectivity index (χ3n) is 7.70. The van der Waals surface area contributed by atoms with Crippen LogP contribution in [0.4, 0.5) is 0 Å². The van der Waals surface area contributed by atoms with Crippen LogP contribution < -0.4 is 0 Å². The Labute approximate surface area is 154 Å². The van der Waals surface area contributed by atoms with Crippen LogP contribution in [-0.4, -0.2) is 17.0 Å². The lowest BCUT2D eigenvalue weighted by molar-refractivity contribution is -0.117. The minimum Gasteiger partial charge on any atom is -0.387 e. The molecule has 0 aromatic rings. The minimum atomic E-state index is -0.502. The number of aliphatic hydroxyl groups excluding tert-OH is 1. The van der Waals surface area contributed by atoms with Crippen LogP contribution in [0.3, 0.4) is 0 Å². The minimum absolute atomic E-state index is 0.0531. The van der Waals surface area contributed by atoms with E-state index in [1.807, 2.05) is 0 Å². The maximum atomic E-state index is 12.0. The summed E-state index contributed by atoms with van der Waals surface area (Å²) >= 11 is 12.7. The number of allylic oxidation sites excluding steroid dienone is 3. The number of rotatable bonds is 1. The first-order valence-electron chi connectivity index (χ1n) is 9.45. The Morgan fingerprint density at radius 2 is 2.00 bits per heavy atom. The molecule has 132 valence electrons. The van der Waals surface area contributed by atoms with Crippen LogP contribution in [0.2, 0.25) is 0 Å². The first kappa shape index (κ1) is 17.1. The van der Waals surface area contributed by atoms with Crippen LogP contribution in [-0.2, 0) is 4.79 Å². The van der Waals surface area contributed by atoms with Gasteiger partial charge < -0.3 is 5.11 Å². The summed E-state index contributed by atoms with van der Waals surface area (Å²) in [5.41, 5.74) is 1.19. The number of aliphatic hydroxyl groups is 1. The molecule has 0 aliphatic heterocycles. The summed E-state index contributed by atoms with van der Waals surface area (Å²) in [7, 11) is 0. The third kappa shape index (κ3) is 2.29. The van der Waals surface area contributed by atoms with Gasteiger partial charge in [0.2, 0.25) is 0 Å². The summed E-state index contributed by atoms with van der Waals surface area (Å²) in [5.74, 6) is 2.39. The number of carbonyl (C=O) groups is 1. The highest BCUT2D eigenvalue weighted by Crippen LogP contribution is 2.62. The fourth-order valence-corrected chi connectivity index (χ4v) is 7.12. The molecule has 24 heavy (non-hydrogen) atoms. The van der Waals surface area contributed by atoms with E-state index < -0.39 is 6.10 Å². The molecule has 6 atom stereocenters. The summed E-state index contributed by atoms with van der Waals surface area (Å²) < 4.78 is 0. The molecule has 4 heteroatoms. The molecule has 0 aromatic heterocycles. The molecule has 2 saturated carbocycles. The van der Waals surface area contributed by atoms with Gasteiger partial charge in [-0.3, -0.25) is 4.79 Å². The normalized spacial score (nSPS) is 45.2. The number of Topliss-reactive ketones (excluding diaryl/α,β-unsaturated/α-hetero) is 1. The molecule has 0 heterocycles. The van der Waals surface area contributed by atoms with Crippen LogP contribution >= 0.6 is 23.2 Å². The van der Waals surface area contributed by atoms with Gasteiger partial charge in [0, 0.05) is 16.9 Å². The zero-order valence-corrected chi connectivity index (χ0v) is 15.7. The molecule has 2 fully saturated rings. The van der Waals surface area contributed by atoms with Gasteiger partial charge in [-0.25, -0.2) is 0 Å². The van der Waals surface area contributed by atoms with E-state index in [1.54, 1.807) is 0 Å². The number of halogens is 2. The van der Waals surface area contributed by atoms with Crippen molar-refractivity contribution >= 4 is 29.0 Å². The Kier molecular flexibility index (Phi) is 4.38. The van der Waals surface area contributed by atoms with Gasteiger partial charge in [0.15, 0.2) is 5.78 Å². The molecule has 1 N–H and O–H groups in total. The predicted molar refractivity (Wildman–Crippen MR) is 96.8 cm³/mol. The second kappa shape index (κ2) is 6.14. The van der Waals surface area contributed by atoms with E-state index in [0.29, 0.717) is 40.2 Å². The van der Waals surface area contributed by atoms with Gasteiger partial charge >= 0.3 is 0 Å². The summed E-state index contributed by atoms with van der Waals surface area (Å²) in [5, 5.41) is 12.0. The molecule has 0 spiro atoms. The van der Waals surface area contributed by atoms with Crippen molar-refractivity contribution in [3.63, 3.8) is 0 Å². The molecule has 4 aliphatic rings. The van der Waals surface area contributed by atoms with Gasteiger partial charge in [-0.1, -0.05) is 36.2 Å². The van der Waals surface area contributed by atoms with Gasteiger partial charge in [0.1, 0.15) is 0 Å². The maximum Gasteiger partial charge on any atom is 0.174 e. The van der Waals surface area contributed by atoms with Crippen molar-refractivity contribution in [3.8, 4) is 0 Å². The van der Waals surface area contributed by atoms with Gasteiger partial charge in [-0.2, -0.15) is 0 Å². The van der Waals surface area contributed by atoms with E-state index in [0.717, 1.165) is 44.9 Å². The molecule has 0 saturated heterocycles. The first-order chi connectivity index (χ1) is 11.5. The second-order valence-electron chi connectivity index (χ2n) is 8.23. The van der Waals surface area contributed by atoms with Gasteiger partial charge in [0.05, 0.1) is 11.1 Å². The van der Waals surface area contributed by atoms with Gasteiger partial charge in [-0.15, -0.1) is 0 Å². The van der Waals surface area contributed by atoms with Crippen molar-refractivity contribution in [2.75, 3.05) is 0 Å². The van der Waals surface area contributed by atoms with Gasteiger partial charge in [-0.05, 0) is 74.2 Å². The van der Waals surface area contributed by atoms with Crippen molar-refractivity contribution in [2.24, 2.45) is 29.1 Å². The van der Waals surface area contributed by atoms with E-state index >= 15 is 0 Å². The maximum absolute atomic E-state index is 12.0. The van der Waals surface area contributed by atoms with Crippen molar-refractivity contribution in [1.82, 2.24) is 0 Å². The lowest BCUT2D eigenvalue weighted by Crippen LogP contribution is -2.54. The zero-order valence-electron chi connectivity index (χ0n) is 14.2. The third-order valence-corrected chi connectivity index (χ3v) is 8.51. The largest absolute Gasteiger partial charge is 0.387 e. The highest BCUT2D eigenvalue weighted by molar-refractivity contribution is 6.43. The average molecular weight is 369 g/mol. The van der Waals surface area contributed by atoms with Crippen LogP contribution in [0, 0.1) is 29.1 Å². The monoisotopic (exact) mass is 368 g/mol. The van der Waals surface area contributed by atoms with Gasteiger partial charge in [0.25, 0.3) is 0 Å². The van der Waals surface area contributed by atoms with Crippen LogP contribution in [0.5, 0.6) is 0 Å². The van der Waals surface area contributed by atoms with Crippen molar-refractivity contribution in [2.45, 2.75) is 64.4 Å². The average Bonchev–Trinajstić information content (AvgIpc) is 2.60. The lowest BCUT2D eigenvalue weighted by atomic mass is 9.47. The van der Waals surface area contributed by atoms with E-state index in [9.17, 15) is 9.90 Å². The summed E-state index contributed by atoms with van der Waals surface area (Å²) in [6.07, 6.45) is 9.32. The SMILES string of the molecule is CCC12CC[C@H]3[C@@H](CCC4=C(Cl)C(=O)CC[C@@H]43)[C@@H]1CC=C(Cl)[C@@H]2O. The number of hydrogen-bond donors (Lipinski definition) is 1. The summed E-state index contributed by atoms with van der Waals surface area (Å²) in [4.78, 5) is 12.0. The van der Waals surface area contributed by atoms with Crippen LogP contribution in [0.15, 0.2) is 21.7 Å². The van der Waals surface area contributed by atoms with Crippen LogP contribution in [0.25, 0.3) is 0 Å². The smallest absolute Gasteiger partial charge is 0.174 e. The molecule has 0 radical (unpaired) electrons. The first-order valence-corrected chi connectivity index (χ1v) is 10.2.